The summed E-state index contributed by atoms with van der Waals surface area (Å²) < 4.78 is 10.9. The molecule has 2 aromatic carbocycles. The molecule has 2 aliphatic rings. The van der Waals surface area contributed by atoms with E-state index in [4.69, 9.17) is 14.5 Å². The van der Waals surface area contributed by atoms with Gasteiger partial charge in [-0.05, 0) is 36.8 Å². The minimum Gasteiger partial charge on any atom is -0.454 e. The Labute approximate surface area is 168 Å². The van der Waals surface area contributed by atoms with E-state index in [1.165, 1.54) is 5.56 Å². The Balaban J connectivity index is 1.24. The molecule has 29 heavy (non-hydrogen) atoms. The first-order chi connectivity index (χ1) is 14.2. The number of hydrogen-bond acceptors (Lipinski definition) is 6. The number of rotatable bonds is 4. The number of hydrogen-bond donors (Lipinski definition) is 1. The lowest BCUT2D eigenvalue weighted by atomic mass is 10.1. The molecule has 1 atom stereocenters. The number of fused-ring (bicyclic) bond motifs is 2. The third-order valence-corrected chi connectivity index (χ3v) is 5.82. The molecule has 0 saturated carbocycles. The van der Waals surface area contributed by atoms with Crippen LogP contribution >= 0.6 is 0 Å². The molecule has 7 nitrogen and oxygen atoms in total. The van der Waals surface area contributed by atoms with Crippen LogP contribution in [0.1, 0.15) is 24.4 Å². The summed E-state index contributed by atoms with van der Waals surface area (Å²) in [6.45, 7) is 7.11. The zero-order chi connectivity index (χ0) is 19.8. The number of piperazine rings is 1. The average Bonchev–Trinajstić information content (AvgIpc) is 3.22. The van der Waals surface area contributed by atoms with Crippen LogP contribution in [0, 0.1) is 0 Å². The molecule has 3 heterocycles. The van der Waals surface area contributed by atoms with Gasteiger partial charge in [0.2, 0.25) is 6.79 Å². The summed E-state index contributed by atoms with van der Waals surface area (Å²) in [5.41, 5.74) is 1.91. The summed E-state index contributed by atoms with van der Waals surface area (Å²) in [4.78, 5) is 24.9. The lowest BCUT2D eigenvalue weighted by Crippen LogP contribution is -2.47. The molecule has 5 rings (SSSR count). The Morgan fingerprint density at radius 3 is 2.72 bits per heavy atom. The Hall–Kier alpha value is -2.90. The maximum atomic E-state index is 12.4. The molecule has 0 aliphatic carbocycles. The van der Waals surface area contributed by atoms with E-state index in [2.05, 4.69) is 33.8 Å². The number of para-hydroxylation sites is 1. The Morgan fingerprint density at radius 2 is 1.86 bits per heavy atom. The summed E-state index contributed by atoms with van der Waals surface area (Å²) >= 11 is 0. The van der Waals surface area contributed by atoms with Crippen molar-refractivity contribution in [1.29, 1.82) is 0 Å². The van der Waals surface area contributed by atoms with Crippen LogP contribution < -0.4 is 15.0 Å². The van der Waals surface area contributed by atoms with Crippen molar-refractivity contribution in [3.8, 4) is 11.5 Å². The van der Waals surface area contributed by atoms with E-state index in [0.29, 0.717) is 12.2 Å². The van der Waals surface area contributed by atoms with Crippen molar-refractivity contribution in [2.45, 2.75) is 19.5 Å². The highest BCUT2D eigenvalue weighted by Gasteiger charge is 2.24. The molecule has 1 saturated heterocycles. The third kappa shape index (κ3) is 3.59. The summed E-state index contributed by atoms with van der Waals surface area (Å²) in [6.07, 6.45) is 0. The molecule has 0 radical (unpaired) electrons. The van der Waals surface area contributed by atoms with Crippen molar-refractivity contribution in [2.75, 3.05) is 33.0 Å². The van der Waals surface area contributed by atoms with Crippen molar-refractivity contribution in [1.82, 2.24) is 19.8 Å². The number of aromatic nitrogens is 2. The van der Waals surface area contributed by atoms with Gasteiger partial charge in [0.15, 0.2) is 11.5 Å². The van der Waals surface area contributed by atoms with Crippen LogP contribution in [0.5, 0.6) is 11.5 Å². The van der Waals surface area contributed by atoms with E-state index in [-0.39, 0.29) is 11.6 Å². The number of aromatic amines is 1. The van der Waals surface area contributed by atoms with Crippen molar-refractivity contribution in [2.24, 2.45) is 0 Å². The standard InChI is InChI=1S/C22H24N4O3/c1-15(21-23-18-5-3-2-4-17(18)22(27)24-21)26-10-8-25(9-11-26)13-16-6-7-19-20(12-16)29-14-28-19/h2-7,12,15H,8-11,13-14H2,1H3,(H,23,24,27)/t15-/m1/s1. The predicted octanol–water partition coefficient (Wildman–Crippen LogP) is 2.53. The van der Waals surface area contributed by atoms with E-state index < -0.39 is 0 Å². The first kappa shape index (κ1) is 18.1. The molecule has 1 aromatic heterocycles. The van der Waals surface area contributed by atoms with Gasteiger partial charge in [-0.15, -0.1) is 0 Å². The highest BCUT2D eigenvalue weighted by atomic mass is 16.7. The molecular formula is C22H24N4O3. The highest BCUT2D eigenvalue weighted by Crippen LogP contribution is 2.33. The van der Waals surface area contributed by atoms with E-state index in [1.807, 2.05) is 30.3 Å². The molecule has 2 aliphatic heterocycles. The van der Waals surface area contributed by atoms with Crippen LogP contribution in [0.25, 0.3) is 10.9 Å². The fourth-order valence-corrected chi connectivity index (χ4v) is 4.08. The third-order valence-electron chi connectivity index (χ3n) is 5.82. The number of nitrogens with one attached hydrogen (secondary N) is 1. The second-order valence-corrected chi connectivity index (χ2v) is 7.64. The van der Waals surface area contributed by atoms with E-state index in [0.717, 1.165) is 55.6 Å². The van der Waals surface area contributed by atoms with Crippen molar-refractivity contribution >= 4 is 10.9 Å². The summed E-state index contributed by atoms with van der Waals surface area (Å²) in [5, 5.41) is 0.636. The van der Waals surface area contributed by atoms with Crippen molar-refractivity contribution < 1.29 is 9.47 Å². The molecule has 150 valence electrons. The number of benzene rings is 2. The van der Waals surface area contributed by atoms with Crippen LogP contribution in [-0.2, 0) is 6.54 Å². The topological polar surface area (TPSA) is 70.7 Å². The van der Waals surface area contributed by atoms with Gasteiger partial charge in [-0.25, -0.2) is 4.98 Å². The lowest BCUT2D eigenvalue weighted by Gasteiger charge is -2.37. The maximum Gasteiger partial charge on any atom is 0.258 e. The van der Waals surface area contributed by atoms with Crippen LogP contribution in [0.4, 0.5) is 0 Å². The molecule has 0 amide bonds. The van der Waals surface area contributed by atoms with Gasteiger partial charge < -0.3 is 14.5 Å². The van der Waals surface area contributed by atoms with Gasteiger partial charge in [0.25, 0.3) is 5.56 Å². The molecule has 7 heteroatoms. The summed E-state index contributed by atoms with van der Waals surface area (Å²) in [5.74, 6) is 2.39. The Bertz CT molecular complexity index is 1090. The van der Waals surface area contributed by atoms with Crippen molar-refractivity contribution in [3.05, 3.63) is 64.2 Å². The highest BCUT2D eigenvalue weighted by molar-refractivity contribution is 5.77. The molecule has 1 N–H and O–H groups in total. The smallest absolute Gasteiger partial charge is 0.258 e. The molecule has 3 aromatic rings. The van der Waals surface area contributed by atoms with Crippen LogP contribution in [0.15, 0.2) is 47.3 Å². The minimum atomic E-state index is -0.0705. The van der Waals surface area contributed by atoms with Crippen LogP contribution in [-0.4, -0.2) is 52.7 Å². The zero-order valence-corrected chi connectivity index (χ0v) is 16.4. The monoisotopic (exact) mass is 392 g/mol. The van der Waals surface area contributed by atoms with Gasteiger partial charge in [0.1, 0.15) is 5.82 Å². The number of nitrogens with zero attached hydrogens (tertiary/aromatic N) is 3. The fraction of sp³-hybridized carbons (Fsp3) is 0.364. The lowest BCUT2D eigenvalue weighted by molar-refractivity contribution is 0.0948. The van der Waals surface area contributed by atoms with Gasteiger partial charge in [-0.3, -0.25) is 14.6 Å². The molecular weight excluding hydrogens is 368 g/mol. The minimum absolute atomic E-state index is 0.0694. The van der Waals surface area contributed by atoms with E-state index >= 15 is 0 Å². The maximum absolute atomic E-state index is 12.4. The van der Waals surface area contributed by atoms with Gasteiger partial charge in [-0.2, -0.15) is 0 Å². The van der Waals surface area contributed by atoms with Gasteiger partial charge >= 0.3 is 0 Å². The normalized spacial score (nSPS) is 18.2. The zero-order valence-electron chi connectivity index (χ0n) is 16.4. The Kier molecular flexibility index (Phi) is 4.69. The molecule has 0 spiro atoms. The molecule has 0 bridgehead atoms. The van der Waals surface area contributed by atoms with Crippen LogP contribution in [0.3, 0.4) is 0 Å². The van der Waals surface area contributed by atoms with E-state index in [9.17, 15) is 4.79 Å². The predicted molar refractivity (Wildman–Crippen MR) is 110 cm³/mol. The average molecular weight is 392 g/mol. The Morgan fingerprint density at radius 1 is 1.07 bits per heavy atom. The summed E-state index contributed by atoms with van der Waals surface area (Å²) in [7, 11) is 0. The quantitative estimate of drug-likeness (QED) is 0.736. The van der Waals surface area contributed by atoms with Gasteiger partial charge in [0, 0.05) is 32.7 Å². The molecule has 1 fully saturated rings. The fourth-order valence-electron chi connectivity index (χ4n) is 4.08. The first-order valence-corrected chi connectivity index (χ1v) is 10.0. The van der Waals surface area contributed by atoms with E-state index in [1.54, 1.807) is 0 Å². The second-order valence-electron chi connectivity index (χ2n) is 7.64. The number of ether oxygens (including phenoxy) is 2. The number of H-pyrrole nitrogens is 1. The SMILES string of the molecule is C[C@H](c1nc2ccccc2c(=O)[nH]1)N1CCN(Cc2ccc3c(c2)OCO3)CC1. The largest absolute Gasteiger partial charge is 0.454 e. The van der Waals surface area contributed by atoms with Crippen LogP contribution in [0.2, 0.25) is 0 Å². The second kappa shape index (κ2) is 7.50. The first-order valence-electron chi connectivity index (χ1n) is 10.0. The van der Waals surface area contributed by atoms with Gasteiger partial charge in [-0.1, -0.05) is 18.2 Å². The summed E-state index contributed by atoms with van der Waals surface area (Å²) in [6, 6.07) is 13.7. The van der Waals surface area contributed by atoms with Crippen molar-refractivity contribution in [3.63, 3.8) is 0 Å². The molecule has 0 unspecified atom stereocenters. The van der Waals surface area contributed by atoms with Gasteiger partial charge in [0.05, 0.1) is 16.9 Å².